The summed E-state index contributed by atoms with van der Waals surface area (Å²) in [6, 6.07) is 9.17. The number of piperidine rings is 1. The second-order valence-corrected chi connectivity index (χ2v) is 13.0. The molecule has 2 aromatic rings. The Labute approximate surface area is 216 Å². The maximum atomic E-state index is 13.3. The molecule has 1 aromatic carbocycles. The molecule has 0 spiro atoms. The molecule has 3 heterocycles. The average molecular weight is 512 g/mol. The van der Waals surface area contributed by atoms with Crippen LogP contribution < -0.4 is 9.77 Å². The Morgan fingerprint density at radius 1 is 1.03 bits per heavy atom. The molecule has 1 amide bonds. The Balaban J connectivity index is 1.37. The summed E-state index contributed by atoms with van der Waals surface area (Å²) in [6.07, 6.45) is 7.35. The predicted octanol–water partition coefficient (Wildman–Crippen LogP) is 5.42. The van der Waals surface area contributed by atoms with Crippen molar-refractivity contribution in [2.24, 2.45) is 17.8 Å². The van der Waals surface area contributed by atoms with Crippen LogP contribution in [-0.4, -0.2) is 46.8 Å². The van der Waals surface area contributed by atoms with Gasteiger partial charge in [0, 0.05) is 47.9 Å². The van der Waals surface area contributed by atoms with Crippen LogP contribution in [0.15, 0.2) is 34.1 Å². The molecule has 3 fully saturated rings. The van der Waals surface area contributed by atoms with Gasteiger partial charge in [0.15, 0.2) is 0 Å². The number of thioether (sulfide) groups is 1. The molecule has 6 rings (SSSR count). The van der Waals surface area contributed by atoms with Crippen molar-refractivity contribution < 1.29 is 4.79 Å². The minimum Gasteiger partial charge on any atom is -0.372 e. The fraction of sp³-hybridized carbons (Fsp3) is 0.643. The quantitative estimate of drug-likeness (QED) is 0.520. The van der Waals surface area contributed by atoms with Gasteiger partial charge in [-0.2, -0.15) is 0 Å². The van der Waals surface area contributed by atoms with Crippen molar-refractivity contribution in [3.63, 3.8) is 0 Å². The van der Waals surface area contributed by atoms with E-state index in [1.165, 1.54) is 53.1 Å². The van der Waals surface area contributed by atoms with Gasteiger partial charge in [0.05, 0.1) is 5.03 Å². The molecule has 1 aromatic heterocycles. The molecule has 4 aliphatic rings. The summed E-state index contributed by atoms with van der Waals surface area (Å²) >= 11 is 3.34. The molecule has 0 radical (unpaired) electrons. The van der Waals surface area contributed by atoms with Gasteiger partial charge in [-0.15, -0.1) is 11.8 Å². The molecule has 2 bridgehead atoms. The summed E-state index contributed by atoms with van der Waals surface area (Å²) in [4.78, 5) is 32.1. The van der Waals surface area contributed by atoms with Crippen LogP contribution in [0, 0.1) is 17.8 Å². The Morgan fingerprint density at radius 3 is 2.46 bits per heavy atom. The van der Waals surface area contributed by atoms with E-state index in [0.717, 1.165) is 55.9 Å². The zero-order valence-corrected chi connectivity index (χ0v) is 22.6. The first-order valence-corrected chi connectivity index (χ1v) is 15.3. The number of hydrogen-bond acceptors (Lipinski definition) is 5. The van der Waals surface area contributed by atoms with E-state index in [2.05, 4.69) is 43.0 Å². The highest BCUT2D eigenvalue weighted by Gasteiger charge is 2.55. The molecule has 35 heavy (non-hydrogen) atoms. The van der Waals surface area contributed by atoms with Gasteiger partial charge in [0.2, 0.25) is 5.91 Å². The van der Waals surface area contributed by atoms with Gasteiger partial charge >= 0.3 is 4.87 Å². The number of nitrogens with zero attached hydrogens (tertiary/aromatic N) is 3. The smallest absolute Gasteiger partial charge is 0.308 e. The lowest BCUT2D eigenvalue weighted by Crippen LogP contribution is -2.39. The van der Waals surface area contributed by atoms with Crippen LogP contribution >= 0.6 is 23.1 Å². The molecule has 5 unspecified atom stereocenters. The molecular weight excluding hydrogens is 474 g/mol. The molecule has 2 saturated carbocycles. The fourth-order valence-electron chi connectivity index (χ4n) is 7.32. The van der Waals surface area contributed by atoms with E-state index in [1.54, 1.807) is 0 Å². The number of carbonyl (C=O) groups excluding carboxylic acids is 1. The van der Waals surface area contributed by atoms with Crippen molar-refractivity contribution in [2.75, 3.05) is 31.1 Å². The third-order valence-corrected chi connectivity index (χ3v) is 11.9. The number of carbonyl (C=O) groups is 1. The molecule has 1 saturated heterocycles. The van der Waals surface area contributed by atoms with Crippen molar-refractivity contribution in [1.29, 1.82) is 0 Å². The maximum absolute atomic E-state index is 13.3. The van der Waals surface area contributed by atoms with E-state index in [-0.39, 0.29) is 23.2 Å². The van der Waals surface area contributed by atoms with Crippen molar-refractivity contribution in [3.8, 4) is 0 Å². The van der Waals surface area contributed by atoms with Crippen molar-refractivity contribution >= 4 is 34.7 Å². The first-order chi connectivity index (χ1) is 17.1. The molecular formula is C28H37N3O2S2. The highest BCUT2D eigenvalue weighted by Crippen LogP contribution is 2.64. The normalized spacial score (nSPS) is 29.2. The minimum absolute atomic E-state index is 0.0462. The molecule has 0 N–H and O–H groups in total. The number of anilines is 1. The van der Waals surface area contributed by atoms with Crippen LogP contribution in [0.1, 0.15) is 68.7 Å². The van der Waals surface area contributed by atoms with Gasteiger partial charge < -0.3 is 9.80 Å². The van der Waals surface area contributed by atoms with Gasteiger partial charge in [0.1, 0.15) is 6.54 Å². The highest BCUT2D eigenvalue weighted by atomic mass is 32.2. The second-order valence-electron chi connectivity index (χ2n) is 10.8. The summed E-state index contributed by atoms with van der Waals surface area (Å²) in [5.41, 5.74) is 2.62. The number of rotatable bonds is 6. The van der Waals surface area contributed by atoms with E-state index in [9.17, 15) is 9.59 Å². The molecule has 5 atom stereocenters. The summed E-state index contributed by atoms with van der Waals surface area (Å²) < 4.78 is 1.83. The van der Waals surface area contributed by atoms with E-state index < -0.39 is 0 Å². The predicted molar refractivity (Wildman–Crippen MR) is 145 cm³/mol. The van der Waals surface area contributed by atoms with E-state index in [0.29, 0.717) is 11.2 Å². The van der Waals surface area contributed by atoms with Crippen molar-refractivity contribution in [3.05, 3.63) is 44.4 Å². The maximum Gasteiger partial charge on any atom is 0.308 e. The fourth-order valence-corrected chi connectivity index (χ4v) is 10.5. The highest BCUT2D eigenvalue weighted by molar-refractivity contribution is 8.00. The van der Waals surface area contributed by atoms with Crippen LogP contribution in [0.3, 0.4) is 0 Å². The molecule has 5 nitrogen and oxygen atoms in total. The van der Waals surface area contributed by atoms with Crippen LogP contribution in [0.2, 0.25) is 0 Å². The van der Waals surface area contributed by atoms with Gasteiger partial charge in [0.25, 0.3) is 0 Å². The van der Waals surface area contributed by atoms with E-state index >= 15 is 0 Å². The standard InChI is InChI=1S/C28H37N3O2S2/c1-3-29(4-2)21-12-10-18(11-13-21)23-24-19-8-9-20(16-19)25(24)34-27-26(23)35-28(33)31(27)17-22(32)30-14-6-5-7-15-30/h10-13,19-20,23-25H,3-9,14-17H2,1-2H3. The topological polar surface area (TPSA) is 45.6 Å². The van der Waals surface area contributed by atoms with Crippen LogP contribution in [-0.2, 0) is 11.3 Å². The lowest BCUT2D eigenvalue weighted by Gasteiger charge is -2.40. The molecule has 2 aliphatic heterocycles. The summed E-state index contributed by atoms with van der Waals surface area (Å²) in [6.45, 7) is 8.29. The number of hydrogen-bond donors (Lipinski definition) is 0. The van der Waals surface area contributed by atoms with Gasteiger partial charge in [-0.25, -0.2) is 0 Å². The third-order valence-electron chi connectivity index (χ3n) is 9.07. The number of aromatic nitrogens is 1. The van der Waals surface area contributed by atoms with Crippen molar-refractivity contribution in [2.45, 2.75) is 75.1 Å². The van der Waals surface area contributed by atoms with Gasteiger partial charge in [-0.3, -0.25) is 14.2 Å². The Kier molecular flexibility index (Phi) is 6.50. The Hall–Kier alpha value is -1.73. The van der Waals surface area contributed by atoms with Crippen molar-refractivity contribution in [1.82, 2.24) is 9.47 Å². The largest absolute Gasteiger partial charge is 0.372 e. The van der Waals surface area contributed by atoms with Gasteiger partial charge in [-0.05, 0) is 87.8 Å². The summed E-state index contributed by atoms with van der Waals surface area (Å²) in [5, 5.41) is 1.66. The van der Waals surface area contributed by atoms with E-state index in [4.69, 9.17) is 0 Å². The minimum atomic E-state index is 0.0462. The lowest BCUT2D eigenvalue weighted by atomic mass is 9.75. The van der Waals surface area contributed by atoms with Gasteiger partial charge in [-0.1, -0.05) is 23.5 Å². The Morgan fingerprint density at radius 2 is 1.74 bits per heavy atom. The number of likely N-dealkylation sites (tertiary alicyclic amines) is 1. The van der Waals surface area contributed by atoms with Crippen LogP contribution in [0.25, 0.3) is 0 Å². The SMILES string of the molecule is CCN(CC)c1ccc(C2c3sc(=O)n(CC(=O)N4CCCCC4)c3SC3C4CCC(C4)C23)cc1. The number of amides is 1. The zero-order chi connectivity index (χ0) is 24.1. The zero-order valence-electron chi connectivity index (χ0n) is 20.9. The molecule has 2 aliphatic carbocycles. The Bertz CT molecular complexity index is 1130. The molecule has 7 heteroatoms. The number of thiazole rings is 1. The first kappa shape index (κ1) is 23.7. The monoisotopic (exact) mass is 511 g/mol. The second kappa shape index (κ2) is 9.62. The third kappa shape index (κ3) is 4.07. The van der Waals surface area contributed by atoms with Crippen LogP contribution in [0.4, 0.5) is 5.69 Å². The number of fused-ring (bicyclic) bond motifs is 6. The summed E-state index contributed by atoms with van der Waals surface area (Å²) in [7, 11) is 0. The number of benzene rings is 1. The first-order valence-electron chi connectivity index (χ1n) is 13.6. The molecule has 188 valence electrons. The lowest BCUT2D eigenvalue weighted by molar-refractivity contribution is -0.132. The summed E-state index contributed by atoms with van der Waals surface area (Å²) in [5.74, 6) is 2.51. The average Bonchev–Trinajstić information content (AvgIpc) is 3.59. The van der Waals surface area contributed by atoms with E-state index in [1.807, 2.05) is 21.2 Å². The van der Waals surface area contributed by atoms with Crippen LogP contribution in [0.5, 0.6) is 0 Å².